The number of benzene rings is 8. The molecular formula is C50H36N4. The first-order valence-corrected chi connectivity index (χ1v) is 18.2. The normalized spacial score (nSPS) is 12.5. The van der Waals surface area contributed by atoms with E-state index in [0.717, 1.165) is 51.4 Å². The van der Waals surface area contributed by atoms with Crippen molar-refractivity contribution < 1.29 is 0 Å². The molecule has 9 rings (SSSR count). The van der Waals surface area contributed by atoms with Crippen molar-refractivity contribution in [1.29, 1.82) is 0 Å². The van der Waals surface area contributed by atoms with Crippen molar-refractivity contribution in [1.82, 2.24) is 0 Å². The lowest BCUT2D eigenvalue weighted by Gasteiger charge is -2.04. The third-order valence-electron chi connectivity index (χ3n) is 9.87. The lowest BCUT2D eigenvalue weighted by molar-refractivity contribution is 1.26. The highest BCUT2D eigenvalue weighted by Gasteiger charge is 2.19. The largest absolute Gasteiger partial charge is 0.256 e. The first-order chi connectivity index (χ1) is 26.6. The zero-order valence-corrected chi connectivity index (χ0v) is 29.9. The second kappa shape index (κ2) is 14.5. The average molecular weight is 693 g/mol. The van der Waals surface area contributed by atoms with Crippen LogP contribution in [-0.4, -0.2) is 24.9 Å². The molecule has 54 heavy (non-hydrogen) atoms. The van der Waals surface area contributed by atoms with Gasteiger partial charge in [-0.1, -0.05) is 96.6 Å². The first kappa shape index (κ1) is 32.8. The van der Waals surface area contributed by atoms with Gasteiger partial charge in [-0.05, 0) is 152 Å². The second-order valence-electron chi connectivity index (χ2n) is 13.8. The van der Waals surface area contributed by atoms with E-state index in [2.05, 4.69) is 138 Å². The monoisotopic (exact) mass is 692 g/mol. The molecule has 0 radical (unpaired) electrons. The van der Waals surface area contributed by atoms with Crippen LogP contribution in [0.1, 0.15) is 38.9 Å². The second-order valence-corrected chi connectivity index (χ2v) is 13.8. The fourth-order valence-electron chi connectivity index (χ4n) is 6.97. The molecule has 1 aliphatic carbocycles. The number of hydrogen-bond donors (Lipinski definition) is 0. The molecule has 0 unspecified atom stereocenters. The molecular weight excluding hydrogens is 657 g/mol. The molecule has 0 spiro atoms. The van der Waals surface area contributed by atoms with Gasteiger partial charge in [0.15, 0.2) is 0 Å². The Morgan fingerprint density at radius 1 is 0.352 bits per heavy atom. The van der Waals surface area contributed by atoms with Crippen molar-refractivity contribution in [3.8, 4) is 11.1 Å². The molecule has 0 N–H and O–H groups in total. The number of hydrogen-bond acceptors (Lipinski definition) is 4. The van der Waals surface area contributed by atoms with Crippen LogP contribution in [0.2, 0.25) is 0 Å². The van der Waals surface area contributed by atoms with E-state index < -0.39 is 0 Å². The highest BCUT2D eigenvalue weighted by atomic mass is 14.7. The Morgan fingerprint density at radius 3 is 1.15 bits per heavy atom. The van der Waals surface area contributed by atoms with E-state index in [9.17, 15) is 0 Å². The summed E-state index contributed by atoms with van der Waals surface area (Å²) < 4.78 is 0. The Kier molecular flexibility index (Phi) is 8.84. The van der Waals surface area contributed by atoms with Crippen LogP contribution in [0.25, 0.3) is 32.7 Å². The quantitative estimate of drug-likeness (QED) is 0.142. The molecule has 0 heterocycles. The standard InChI is InChI=1S/C50H36N4/c1-34-7-17-46(18-8-34)52-31-36-10-14-42-26-38(12-16-40(42)24-36)33-54-48-20-22-50-44(29-48)27-43-28-47(19-21-49(43)50)53-32-37-11-15-39-23-35(9-13-41(39)25-37)30-51-45-5-3-2-4-6-45/h2-26,28-33H,27H2,1H3. The molecule has 1 aliphatic rings. The summed E-state index contributed by atoms with van der Waals surface area (Å²) >= 11 is 0. The zero-order valence-electron chi connectivity index (χ0n) is 29.9. The van der Waals surface area contributed by atoms with E-state index in [0.29, 0.717) is 0 Å². The van der Waals surface area contributed by atoms with Crippen LogP contribution in [-0.2, 0) is 6.42 Å². The van der Waals surface area contributed by atoms with Gasteiger partial charge >= 0.3 is 0 Å². The summed E-state index contributed by atoms with van der Waals surface area (Å²) in [5.74, 6) is 0. The summed E-state index contributed by atoms with van der Waals surface area (Å²) in [7, 11) is 0. The number of fused-ring (bicyclic) bond motifs is 5. The minimum absolute atomic E-state index is 0.870. The number of aryl methyl sites for hydroxylation is 1. The van der Waals surface area contributed by atoms with Crippen LogP contribution in [0.5, 0.6) is 0 Å². The molecule has 8 aromatic rings. The van der Waals surface area contributed by atoms with E-state index in [1.54, 1.807) is 0 Å². The Morgan fingerprint density at radius 2 is 0.722 bits per heavy atom. The van der Waals surface area contributed by atoms with Crippen LogP contribution >= 0.6 is 0 Å². The third kappa shape index (κ3) is 7.32. The maximum Gasteiger partial charge on any atom is 0.0633 e. The van der Waals surface area contributed by atoms with Crippen molar-refractivity contribution in [3.63, 3.8) is 0 Å². The average Bonchev–Trinajstić information content (AvgIpc) is 3.58. The zero-order chi connectivity index (χ0) is 36.3. The van der Waals surface area contributed by atoms with E-state index in [-0.39, 0.29) is 0 Å². The molecule has 0 fully saturated rings. The Balaban J connectivity index is 0.853. The summed E-state index contributed by atoms with van der Waals surface area (Å²) in [5.41, 5.74) is 14.5. The minimum Gasteiger partial charge on any atom is -0.256 e. The van der Waals surface area contributed by atoms with Gasteiger partial charge in [0.2, 0.25) is 0 Å². The molecule has 0 bridgehead atoms. The van der Waals surface area contributed by atoms with Gasteiger partial charge in [-0.2, -0.15) is 0 Å². The number of nitrogens with zero attached hydrogens (tertiary/aromatic N) is 4. The summed E-state index contributed by atoms with van der Waals surface area (Å²) in [6.07, 6.45) is 8.61. The predicted octanol–water partition coefficient (Wildman–Crippen LogP) is 12.9. The molecule has 0 saturated carbocycles. The van der Waals surface area contributed by atoms with Crippen molar-refractivity contribution >= 4 is 69.2 Å². The maximum absolute atomic E-state index is 4.86. The lowest BCUT2D eigenvalue weighted by Crippen LogP contribution is -1.85. The fourth-order valence-corrected chi connectivity index (χ4v) is 6.97. The van der Waals surface area contributed by atoms with E-state index >= 15 is 0 Å². The van der Waals surface area contributed by atoms with Gasteiger partial charge in [-0.25, -0.2) is 0 Å². The first-order valence-electron chi connectivity index (χ1n) is 18.2. The lowest BCUT2D eigenvalue weighted by atomic mass is 10.0. The Bertz CT molecular complexity index is 2790. The summed E-state index contributed by atoms with van der Waals surface area (Å²) in [6, 6.07) is 57.0. The van der Waals surface area contributed by atoms with Gasteiger partial charge < -0.3 is 0 Å². The molecule has 8 aromatic carbocycles. The van der Waals surface area contributed by atoms with Gasteiger partial charge in [-0.3, -0.25) is 20.0 Å². The van der Waals surface area contributed by atoms with Crippen molar-refractivity contribution in [2.24, 2.45) is 20.0 Å². The third-order valence-corrected chi connectivity index (χ3v) is 9.87. The highest BCUT2D eigenvalue weighted by molar-refractivity contribution is 5.96. The van der Waals surface area contributed by atoms with Gasteiger partial charge in [0.25, 0.3) is 0 Å². The molecule has 256 valence electrons. The fraction of sp³-hybridized carbons (Fsp3) is 0.0400. The maximum atomic E-state index is 4.86. The SMILES string of the molecule is Cc1ccc(N=Cc2ccc3cc(C=Nc4ccc5c(c4)Cc4cc(N=Cc6ccc7cc(C=Nc8ccccc8)ccc7c6)ccc4-5)ccc3c2)cc1. The highest BCUT2D eigenvalue weighted by Crippen LogP contribution is 2.40. The topological polar surface area (TPSA) is 49.4 Å². The molecule has 4 heteroatoms. The predicted molar refractivity (Wildman–Crippen MR) is 229 cm³/mol. The molecule has 0 atom stereocenters. The van der Waals surface area contributed by atoms with Gasteiger partial charge in [0.1, 0.15) is 0 Å². The van der Waals surface area contributed by atoms with Crippen LogP contribution in [0.3, 0.4) is 0 Å². The minimum atomic E-state index is 0.870. The molecule has 0 aliphatic heterocycles. The van der Waals surface area contributed by atoms with Crippen LogP contribution in [0.4, 0.5) is 22.7 Å². The number of aliphatic imine (C=N–C) groups is 4. The summed E-state index contributed by atoms with van der Waals surface area (Å²) in [4.78, 5) is 18.9. The summed E-state index contributed by atoms with van der Waals surface area (Å²) in [5, 5.41) is 4.70. The van der Waals surface area contributed by atoms with Crippen molar-refractivity contribution in [2.75, 3.05) is 0 Å². The van der Waals surface area contributed by atoms with E-state index in [1.165, 1.54) is 49.4 Å². The van der Waals surface area contributed by atoms with Gasteiger partial charge in [0, 0.05) is 24.9 Å². The van der Waals surface area contributed by atoms with Crippen LogP contribution < -0.4 is 0 Å². The molecule has 0 saturated heterocycles. The Labute approximate surface area is 315 Å². The van der Waals surface area contributed by atoms with Crippen LogP contribution in [0.15, 0.2) is 184 Å². The van der Waals surface area contributed by atoms with Crippen LogP contribution in [0, 0.1) is 6.92 Å². The number of para-hydroxylation sites is 1. The molecule has 0 amide bonds. The van der Waals surface area contributed by atoms with Crippen molar-refractivity contribution in [3.05, 3.63) is 203 Å². The number of rotatable bonds is 8. The van der Waals surface area contributed by atoms with Gasteiger partial charge in [0.05, 0.1) is 22.7 Å². The van der Waals surface area contributed by atoms with E-state index in [4.69, 9.17) is 9.98 Å². The van der Waals surface area contributed by atoms with Crippen molar-refractivity contribution in [2.45, 2.75) is 13.3 Å². The Hall–Kier alpha value is -7.04. The smallest absolute Gasteiger partial charge is 0.0633 e. The van der Waals surface area contributed by atoms with E-state index in [1.807, 2.05) is 67.3 Å². The summed E-state index contributed by atoms with van der Waals surface area (Å²) in [6.45, 7) is 2.08. The molecule has 4 nitrogen and oxygen atoms in total. The molecule has 0 aromatic heterocycles. The van der Waals surface area contributed by atoms with Gasteiger partial charge in [-0.15, -0.1) is 0 Å².